The van der Waals surface area contributed by atoms with E-state index < -0.39 is 11.0 Å². The first-order valence-electron chi connectivity index (χ1n) is 5.88. The van der Waals surface area contributed by atoms with Crippen molar-refractivity contribution in [1.29, 1.82) is 0 Å². The third-order valence-corrected chi connectivity index (χ3v) is 3.57. The molecule has 0 saturated carbocycles. The molecule has 0 fully saturated rings. The minimum Gasteiger partial charge on any atom is -0.330 e. The molecule has 1 N–H and O–H groups in total. The standard InChI is InChI=1S/C11H12N2O2S.C2H6/c1-9-2-4-10(5-3-9)16(15)13-7-6-12-11(14)8-13;1-2/h2-7H,8H2,1H3,(H,12,14);1-2H3. The molecule has 18 heavy (non-hydrogen) atoms. The van der Waals surface area contributed by atoms with Gasteiger partial charge in [-0.25, -0.2) is 4.21 Å². The molecule has 1 atom stereocenters. The summed E-state index contributed by atoms with van der Waals surface area (Å²) in [6.07, 6.45) is 3.12. The molecule has 5 heteroatoms. The lowest BCUT2D eigenvalue weighted by Gasteiger charge is -2.21. The van der Waals surface area contributed by atoms with Crippen molar-refractivity contribution < 1.29 is 9.00 Å². The quantitative estimate of drug-likeness (QED) is 0.889. The Labute approximate surface area is 110 Å². The van der Waals surface area contributed by atoms with Crippen LogP contribution in [0.2, 0.25) is 0 Å². The Bertz CT molecular complexity index is 455. The highest BCUT2D eigenvalue weighted by Crippen LogP contribution is 2.13. The van der Waals surface area contributed by atoms with Crippen molar-refractivity contribution in [2.24, 2.45) is 0 Å². The Morgan fingerprint density at radius 1 is 1.22 bits per heavy atom. The van der Waals surface area contributed by atoms with E-state index in [1.54, 1.807) is 6.20 Å². The van der Waals surface area contributed by atoms with Crippen molar-refractivity contribution in [2.45, 2.75) is 25.7 Å². The number of aryl methyl sites for hydroxylation is 1. The second kappa shape index (κ2) is 6.96. The topological polar surface area (TPSA) is 49.4 Å². The van der Waals surface area contributed by atoms with Gasteiger partial charge in [0, 0.05) is 12.4 Å². The van der Waals surface area contributed by atoms with E-state index in [2.05, 4.69) is 5.32 Å². The first-order chi connectivity index (χ1) is 8.66. The fourth-order valence-electron chi connectivity index (χ4n) is 1.36. The molecule has 2 rings (SSSR count). The van der Waals surface area contributed by atoms with E-state index in [9.17, 15) is 9.00 Å². The highest BCUT2D eigenvalue weighted by Gasteiger charge is 2.17. The lowest BCUT2D eigenvalue weighted by atomic mass is 10.2. The second-order valence-electron chi connectivity index (χ2n) is 3.52. The maximum atomic E-state index is 12.1. The molecule has 1 aliphatic rings. The highest BCUT2D eigenvalue weighted by molar-refractivity contribution is 7.82. The van der Waals surface area contributed by atoms with E-state index in [0.717, 1.165) is 5.56 Å². The summed E-state index contributed by atoms with van der Waals surface area (Å²) in [4.78, 5) is 11.8. The highest BCUT2D eigenvalue weighted by atomic mass is 32.2. The minimum absolute atomic E-state index is 0.122. The van der Waals surface area contributed by atoms with Gasteiger partial charge in [0.15, 0.2) is 11.0 Å². The van der Waals surface area contributed by atoms with Crippen LogP contribution < -0.4 is 5.32 Å². The molecular weight excluding hydrogens is 248 g/mol. The Hall–Kier alpha value is -1.62. The molecule has 1 aliphatic heterocycles. The number of rotatable bonds is 2. The monoisotopic (exact) mass is 266 g/mol. The summed E-state index contributed by atoms with van der Waals surface area (Å²) in [5, 5.41) is 2.53. The predicted molar refractivity (Wildman–Crippen MR) is 72.9 cm³/mol. The first kappa shape index (κ1) is 14.4. The van der Waals surface area contributed by atoms with Gasteiger partial charge in [-0.2, -0.15) is 0 Å². The Kier molecular flexibility index (Phi) is 5.58. The number of hydrogen-bond acceptors (Lipinski definition) is 2. The summed E-state index contributed by atoms with van der Waals surface area (Å²) in [5.41, 5.74) is 1.12. The Balaban J connectivity index is 0.000000771. The number of carbonyl (C=O) groups is 1. The predicted octanol–water partition coefficient (Wildman–Crippen LogP) is 1.95. The molecule has 0 aliphatic carbocycles. The molecule has 0 radical (unpaired) electrons. The smallest absolute Gasteiger partial charge is 0.244 e. The molecule has 1 unspecified atom stereocenters. The lowest BCUT2D eigenvalue weighted by molar-refractivity contribution is -0.120. The summed E-state index contributed by atoms with van der Waals surface area (Å²) in [6.45, 7) is 6.10. The van der Waals surface area contributed by atoms with Crippen molar-refractivity contribution in [2.75, 3.05) is 6.54 Å². The van der Waals surface area contributed by atoms with Gasteiger partial charge in [-0.3, -0.25) is 9.10 Å². The van der Waals surface area contributed by atoms with Crippen LogP contribution in [0.3, 0.4) is 0 Å². The van der Waals surface area contributed by atoms with Gasteiger partial charge < -0.3 is 5.32 Å². The van der Waals surface area contributed by atoms with Crippen molar-refractivity contribution in [3.8, 4) is 0 Å². The van der Waals surface area contributed by atoms with E-state index >= 15 is 0 Å². The summed E-state index contributed by atoms with van der Waals surface area (Å²) in [5.74, 6) is -0.150. The maximum absolute atomic E-state index is 12.1. The van der Waals surface area contributed by atoms with Crippen LogP contribution in [0.1, 0.15) is 19.4 Å². The van der Waals surface area contributed by atoms with E-state index in [1.807, 2.05) is 45.0 Å². The Morgan fingerprint density at radius 2 is 1.83 bits per heavy atom. The summed E-state index contributed by atoms with van der Waals surface area (Å²) >= 11 is 0. The van der Waals surface area contributed by atoms with E-state index in [4.69, 9.17) is 0 Å². The van der Waals surface area contributed by atoms with E-state index in [-0.39, 0.29) is 12.5 Å². The van der Waals surface area contributed by atoms with Crippen LogP contribution in [-0.2, 0) is 15.8 Å². The van der Waals surface area contributed by atoms with Crippen LogP contribution in [0.25, 0.3) is 0 Å². The maximum Gasteiger partial charge on any atom is 0.244 e. The van der Waals surface area contributed by atoms with Gasteiger partial charge in [-0.05, 0) is 19.1 Å². The SMILES string of the molecule is CC.Cc1ccc(S(=O)N2C=CNC(=O)C2)cc1. The fourth-order valence-corrected chi connectivity index (χ4v) is 2.40. The summed E-state index contributed by atoms with van der Waals surface area (Å²) in [6, 6.07) is 7.43. The largest absolute Gasteiger partial charge is 0.330 e. The zero-order valence-corrected chi connectivity index (χ0v) is 11.7. The summed E-state index contributed by atoms with van der Waals surface area (Å²) in [7, 11) is -1.31. The average Bonchev–Trinajstić information content (AvgIpc) is 2.41. The van der Waals surface area contributed by atoms with Crippen molar-refractivity contribution in [3.05, 3.63) is 42.2 Å². The molecule has 0 aromatic heterocycles. The molecule has 1 aromatic rings. The number of amides is 1. The van der Waals surface area contributed by atoms with Crippen molar-refractivity contribution in [3.63, 3.8) is 0 Å². The first-order valence-corrected chi connectivity index (χ1v) is 6.99. The molecule has 0 spiro atoms. The zero-order chi connectivity index (χ0) is 13.5. The van der Waals surface area contributed by atoms with Crippen LogP contribution >= 0.6 is 0 Å². The van der Waals surface area contributed by atoms with Crippen LogP contribution in [0.15, 0.2) is 41.6 Å². The van der Waals surface area contributed by atoms with Crippen LogP contribution in [-0.4, -0.2) is 21.0 Å². The third-order valence-electron chi connectivity index (χ3n) is 2.22. The Morgan fingerprint density at radius 3 is 2.39 bits per heavy atom. The van der Waals surface area contributed by atoms with Crippen molar-refractivity contribution >= 4 is 16.9 Å². The molecule has 4 nitrogen and oxygen atoms in total. The molecule has 0 bridgehead atoms. The van der Waals surface area contributed by atoms with Gasteiger partial charge in [0.2, 0.25) is 5.91 Å². The number of nitrogens with zero attached hydrogens (tertiary/aromatic N) is 1. The molecule has 1 amide bonds. The van der Waals surface area contributed by atoms with Crippen molar-refractivity contribution in [1.82, 2.24) is 9.62 Å². The number of nitrogens with one attached hydrogen (secondary N) is 1. The third kappa shape index (κ3) is 3.70. The van der Waals surface area contributed by atoms with E-state index in [0.29, 0.717) is 4.90 Å². The van der Waals surface area contributed by atoms with Gasteiger partial charge in [-0.15, -0.1) is 0 Å². The number of carbonyl (C=O) groups excluding carboxylic acids is 1. The van der Waals surface area contributed by atoms with E-state index in [1.165, 1.54) is 10.5 Å². The lowest BCUT2D eigenvalue weighted by Crippen LogP contribution is -2.37. The van der Waals surface area contributed by atoms with Crippen LogP contribution in [0.5, 0.6) is 0 Å². The zero-order valence-electron chi connectivity index (χ0n) is 10.8. The summed E-state index contributed by atoms with van der Waals surface area (Å²) < 4.78 is 13.6. The molecular formula is C13H18N2O2S. The molecule has 0 saturated heterocycles. The molecule has 1 aromatic carbocycles. The van der Waals surface area contributed by atoms with Gasteiger partial charge >= 0.3 is 0 Å². The second-order valence-corrected chi connectivity index (χ2v) is 4.96. The van der Waals surface area contributed by atoms with Gasteiger partial charge in [0.05, 0.1) is 4.90 Å². The van der Waals surface area contributed by atoms with Crippen LogP contribution in [0, 0.1) is 6.92 Å². The fraction of sp³-hybridized carbons (Fsp3) is 0.308. The minimum atomic E-state index is -1.31. The molecule has 1 heterocycles. The van der Waals surface area contributed by atoms with Gasteiger partial charge in [0.25, 0.3) is 0 Å². The average molecular weight is 266 g/mol. The van der Waals surface area contributed by atoms with Crippen LogP contribution in [0.4, 0.5) is 0 Å². The normalized spacial score (nSPS) is 15.5. The number of benzene rings is 1. The van der Waals surface area contributed by atoms with Gasteiger partial charge in [0.1, 0.15) is 6.54 Å². The molecule has 98 valence electrons. The van der Waals surface area contributed by atoms with Gasteiger partial charge in [-0.1, -0.05) is 31.5 Å². The number of hydrogen-bond donors (Lipinski definition) is 1.